The predicted octanol–water partition coefficient (Wildman–Crippen LogP) is 2.58. The van der Waals surface area contributed by atoms with Crippen LogP contribution in [0.3, 0.4) is 0 Å². The summed E-state index contributed by atoms with van der Waals surface area (Å²) in [7, 11) is 1.54. The summed E-state index contributed by atoms with van der Waals surface area (Å²) < 4.78 is 37.6. The molecule has 21 heavy (non-hydrogen) atoms. The van der Waals surface area contributed by atoms with Crippen LogP contribution in [0.25, 0.3) is 0 Å². The molecule has 114 valence electrons. The van der Waals surface area contributed by atoms with E-state index in [0.717, 1.165) is 12.1 Å². The van der Waals surface area contributed by atoms with Crippen molar-refractivity contribution in [2.75, 3.05) is 19.3 Å². The molecular formula is C13H15F3N4S. The topological polar surface area (TPSA) is 60.2 Å². The quantitative estimate of drug-likeness (QED) is 0.288. The maximum atomic E-state index is 12.5. The number of guanidine groups is 1. The summed E-state index contributed by atoms with van der Waals surface area (Å²) in [5, 5.41) is 13.7. The van der Waals surface area contributed by atoms with Crippen molar-refractivity contribution in [3.05, 3.63) is 35.4 Å². The van der Waals surface area contributed by atoms with Gasteiger partial charge in [0.1, 0.15) is 0 Å². The zero-order valence-electron chi connectivity index (χ0n) is 11.4. The summed E-state index contributed by atoms with van der Waals surface area (Å²) in [4.78, 5) is 3.81. The highest BCUT2D eigenvalue weighted by Gasteiger charge is 2.30. The van der Waals surface area contributed by atoms with E-state index in [1.165, 1.54) is 17.8 Å². The zero-order chi connectivity index (χ0) is 15.7. The van der Waals surface area contributed by atoms with Crippen LogP contribution in [0.5, 0.6) is 0 Å². The molecule has 2 N–H and O–H groups in total. The fourth-order valence-corrected chi connectivity index (χ4v) is 2.31. The van der Waals surface area contributed by atoms with E-state index >= 15 is 0 Å². The second kappa shape index (κ2) is 8.42. The molecular weight excluding hydrogens is 301 g/mol. The minimum absolute atomic E-state index is 0.372. The number of thioether (sulfide) groups is 1. The fourth-order valence-electron chi connectivity index (χ4n) is 1.50. The molecule has 0 saturated carbocycles. The van der Waals surface area contributed by atoms with Crippen molar-refractivity contribution in [2.24, 2.45) is 4.99 Å². The normalized spacial score (nSPS) is 11.9. The van der Waals surface area contributed by atoms with E-state index in [-0.39, 0.29) is 0 Å². The number of nitriles is 1. The third-order valence-electron chi connectivity index (χ3n) is 2.46. The van der Waals surface area contributed by atoms with Gasteiger partial charge in [-0.25, -0.2) is 0 Å². The molecule has 0 amide bonds. The van der Waals surface area contributed by atoms with E-state index in [0.29, 0.717) is 29.6 Å². The van der Waals surface area contributed by atoms with Crippen molar-refractivity contribution in [2.45, 2.75) is 11.9 Å². The van der Waals surface area contributed by atoms with Gasteiger partial charge in [-0.15, -0.1) is 0 Å². The fraction of sp³-hybridized carbons (Fsp3) is 0.385. The third-order valence-corrected chi connectivity index (χ3v) is 3.49. The van der Waals surface area contributed by atoms with Gasteiger partial charge in [0.25, 0.3) is 0 Å². The molecule has 0 aliphatic carbocycles. The lowest BCUT2D eigenvalue weighted by Crippen LogP contribution is -2.35. The summed E-state index contributed by atoms with van der Waals surface area (Å²) in [5.74, 6) is 1.55. The molecule has 4 nitrogen and oxygen atoms in total. The lowest BCUT2D eigenvalue weighted by Gasteiger charge is -2.09. The molecule has 0 bridgehead atoms. The van der Waals surface area contributed by atoms with Crippen LogP contribution in [0.4, 0.5) is 13.2 Å². The highest BCUT2D eigenvalue weighted by atomic mass is 32.2. The number of hydrogen-bond donors (Lipinski definition) is 2. The SMILES string of the molecule is CN=C(NC#N)NCCSCc1cccc(C(F)(F)F)c1. The second-order valence-electron chi connectivity index (χ2n) is 3.99. The number of benzene rings is 1. The van der Waals surface area contributed by atoms with Crippen LogP contribution < -0.4 is 10.6 Å². The van der Waals surface area contributed by atoms with Gasteiger partial charge in [0, 0.05) is 25.1 Å². The van der Waals surface area contributed by atoms with Gasteiger partial charge in [0.2, 0.25) is 5.96 Å². The van der Waals surface area contributed by atoms with Crippen LogP contribution in [-0.2, 0) is 11.9 Å². The number of rotatable bonds is 5. The molecule has 0 fully saturated rings. The molecule has 1 rings (SSSR count). The highest BCUT2D eigenvalue weighted by Crippen LogP contribution is 2.30. The molecule has 0 spiro atoms. The Balaban J connectivity index is 2.35. The standard InChI is InChI=1S/C13H15F3N4S/c1-18-12(20-9-17)19-5-6-21-8-10-3-2-4-11(7-10)13(14,15)16/h2-4,7H,5-6,8H2,1H3,(H2,18,19,20). The summed E-state index contributed by atoms with van der Waals surface area (Å²) in [5.41, 5.74) is 0.00621. The van der Waals surface area contributed by atoms with Crippen molar-refractivity contribution < 1.29 is 13.2 Å². The molecule has 0 atom stereocenters. The van der Waals surface area contributed by atoms with Crippen molar-refractivity contribution in [3.63, 3.8) is 0 Å². The Morgan fingerprint density at radius 1 is 1.43 bits per heavy atom. The van der Waals surface area contributed by atoms with Gasteiger partial charge in [-0.2, -0.15) is 30.2 Å². The Morgan fingerprint density at radius 2 is 2.19 bits per heavy atom. The van der Waals surface area contributed by atoms with Gasteiger partial charge in [-0.1, -0.05) is 18.2 Å². The van der Waals surface area contributed by atoms with Crippen LogP contribution in [0, 0.1) is 11.5 Å². The number of nitrogens with zero attached hydrogens (tertiary/aromatic N) is 2. The van der Waals surface area contributed by atoms with E-state index in [4.69, 9.17) is 5.26 Å². The monoisotopic (exact) mass is 316 g/mol. The van der Waals surface area contributed by atoms with E-state index in [9.17, 15) is 13.2 Å². The van der Waals surface area contributed by atoms with Crippen LogP contribution >= 0.6 is 11.8 Å². The van der Waals surface area contributed by atoms with E-state index in [1.807, 2.05) is 0 Å². The Kier molecular flexibility index (Phi) is 6.88. The molecule has 0 heterocycles. The zero-order valence-corrected chi connectivity index (χ0v) is 12.2. The first-order valence-corrected chi connectivity index (χ1v) is 7.22. The lowest BCUT2D eigenvalue weighted by molar-refractivity contribution is -0.137. The summed E-state index contributed by atoms with van der Waals surface area (Å²) >= 11 is 1.50. The van der Waals surface area contributed by atoms with E-state index in [2.05, 4.69) is 15.6 Å². The van der Waals surface area contributed by atoms with E-state index in [1.54, 1.807) is 19.3 Å². The third kappa shape index (κ3) is 6.40. The van der Waals surface area contributed by atoms with Gasteiger partial charge in [-0.3, -0.25) is 10.3 Å². The maximum Gasteiger partial charge on any atom is 0.416 e. The summed E-state index contributed by atoms with van der Waals surface area (Å²) in [6.45, 7) is 0.560. The first-order valence-electron chi connectivity index (χ1n) is 6.07. The molecule has 0 saturated heterocycles. The van der Waals surface area contributed by atoms with E-state index < -0.39 is 11.7 Å². The summed E-state index contributed by atoms with van der Waals surface area (Å²) in [6.07, 6.45) is -2.56. The Morgan fingerprint density at radius 3 is 2.81 bits per heavy atom. The Bertz CT molecular complexity index is 523. The van der Waals surface area contributed by atoms with Crippen LogP contribution in [0.15, 0.2) is 29.3 Å². The average molecular weight is 316 g/mol. The maximum absolute atomic E-state index is 12.5. The molecule has 0 aromatic heterocycles. The van der Waals surface area contributed by atoms with Crippen LogP contribution in [-0.4, -0.2) is 25.3 Å². The minimum atomic E-state index is -4.31. The largest absolute Gasteiger partial charge is 0.416 e. The van der Waals surface area contributed by atoms with Gasteiger partial charge in [-0.05, 0) is 11.6 Å². The molecule has 8 heteroatoms. The average Bonchev–Trinajstić information content (AvgIpc) is 2.45. The van der Waals surface area contributed by atoms with Crippen LogP contribution in [0.2, 0.25) is 0 Å². The number of alkyl halides is 3. The first kappa shape index (κ1) is 17.2. The predicted molar refractivity (Wildman–Crippen MR) is 77.7 cm³/mol. The van der Waals surface area contributed by atoms with Crippen molar-refractivity contribution >= 4 is 17.7 Å². The molecule has 0 aliphatic heterocycles. The Hall–Kier alpha value is -1.88. The number of nitrogens with one attached hydrogen (secondary N) is 2. The molecule has 1 aromatic rings. The van der Waals surface area contributed by atoms with Gasteiger partial charge in [0.15, 0.2) is 6.19 Å². The molecule has 0 aliphatic rings. The Labute approximate surface area is 125 Å². The van der Waals surface area contributed by atoms with Gasteiger partial charge < -0.3 is 5.32 Å². The number of aliphatic imine (C=N–C) groups is 1. The van der Waals surface area contributed by atoms with Gasteiger partial charge in [0.05, 0.1) is 5.56 Å². The van der Waals surface area contributed by atoms with Gasteiger partial charge >= 0.3 is 6.18 Å². The number of halogens is 3. The summed E-state index contributed by atoms with van der Waals surface area (Å²) in [6, 6.07) is 5.31. The lowest BCUT2D eigenvalue weighted by atomic mass is 10.1. The molecule has 0 radical (unpaired) electrons. The number of hydrogen-bond acceptors (Lipinski definition) is 3. The second-order valence-corrected chi connectivity index (χ2v) is 5.09. The first-order chi connectivity index (χ1) is 9.97. The van der Waals surface area contributed by atoms with Crippen molar-refractivity contribution in [1.82, 2.24) is 10.6 Å². The highest BCUT2D eigenvalue weighted by molar-refractivity contribution is 7.98. The minimum Gasteiger partial charge on any atom is -0.355 e. The molecule has 0 unspecified atom stereocenters. The van der Waals surface area contributed by atoms with Crippen molar-refractivity contribution in [1.29, 1.82) is 5.26 Å². The van der Waals surface area contributed by atoms with Crippen LogP contribution in [0.1, 0.15) is 11.1 Å². The van der Waals surface area contributed by atoms with Crippen molar-refractivity contribution in [3.8, 4) is 6.19 Å². The smallest absolute Gasteiger partial charge is 0.355 e. The molecule has 1 aromatic carbocycles.